The summed E-state index contributed by atoms with van der Waals surface area (Å²) in [4.78, 5) is 9.03. The molecule has 0 spiro atoms. The molecule has 9 heteroatoms. The standard InChI is InChI=1S/C19H26N8O/c1-12(2)18-20-17(28-24-18)11-25(3)14-9-26(10-14)16-8-7-15-21-22-19(27(15)23-16)13-5-4-6-13/h7-8,12-14H,4-6,9-11H2,1-3H3. The van der Waals surface area contributed by atoms with Gasteiger partial charge in [-0.1, -0.05) is 25.4 Å². The van der Waals surface area contributed by atoms with Gasteiger partial charge in [0.05, 0.1) is 6.54 Å². The van der Waals surface area contributed by atoms with E-state index in [1.807, 2.05) is 16.6 Å². The highest BCUT2D eigenvalue weighted by Crippen LogP contribution is 2.35. The van der Waals surface area contributed by atoms with Gasteiger partial charge in [0.25, 0.3) is 0 Å². The van der Waals surface area contributed by atoms with E-state index in [-0.39, 0.29) is 5.92 Å². The van der Waals surface area contributed by atoms with Crippen LogP contribution in [-0.2, 0) is 6.54 Å². The molecule has 0 aromatic carbocycles. The molecule has 148 valence electrons. The van der Waals surface area contributed by atoms with Gasteiger partial charge in [-0.05, 0) is 32.0 Å². The molecular formula is C19H26N8O. The zero-order valence-electron chi connectivity index (χ0n) is 16.6. The molecule has 1 saturated carbocycles. The van der Waals surface area contributed by atoms with E-state index in [2.05, 4.69) is 51.0 Å². The van der Waals surface area contributed by atoms with Gasteiger partial charge in [-0.3, -0.25) is 4.90 Å². The predicted octanol–water partition coefficient (Wildman–Crippen LogP) is 2.22. The molecular weight excluding hydrogens is 356 g/mol. The minimum atomic E-state index is 0.283. The molecule has 1 aliphatic heterocycles. The molecule has 2 aliphatic rings. The zero-order valence-corrected chi connectivity index (χ0v) is 16.6. The van der Waals surface area contributed by atoms with Gasteiger partial charge >= 0.3 is 0 Å². The van der Waals surface area contributed by atoms with Gasteiger partial charge in [0, 0.05) is 31.0 Å². The Morgan fingerprint density at radius 1 is 1.21 bits per heavy atom. The fourth-order valence-electron chi connectivity index (χ4n) is 3.72. The smallest absolute Gasteiger partial charge is 0.240 e. The van der Waals surface area contributed by atoms with Crippen LogP contribution in [0.15, 0.2) is 16.7 Å². The Balaban J connectivity index is 1.23. The van der Waals surface area contributed by atoms with Crippen molar-refractivity contribution < 1.29 is 4.52 Å². The Labute approximate surface area is 163 Å². The number of aromatic nitrogens is 6. The molecule has 2 fully saturated rings. The maximum Gasteiger partial charge on any atom is 0.240 e. The van der Waals surface area contributed by atoms with Gasteiger partial charge in [-0.25, -0.2) is 0 Å². The minimum Gasteiger partial charge on any atom is -0.352 e. The lowest BCUT2D eigenvalue weighted by Gasteiger charge is -2.44. The van der Waals surface area contributed by atoms with Crippen LogP contribution in [0.4, 0.5) is 5.82 Å². The fourth-order valence-corrected chi connectivity index (χ4v) is 3.72. The van der Waals surface area contributed by atoms with Gasteiger partial charge in [-0.15, -0.1) is 15.3 Å². The first-order chi connectivity index (χ1) is 13.6. The Morgan fingerprint density at radius 2 is 2.04 bits per heavy atom. The average Bonchev–Trinajstić information content (AvgIpc) is 3.20. The molecule has 28 heavy (non-hydrogen) atoms. The Kier molecular flexibility index (Phi) is 4.26. The second-order valence-corrected chi connectivity index (χ2v) is 8.32. The summed E-state index contributed by atoms with van der Waals surface area (Å²) < 4.78 is 7.30. The third-order valence-electron chi connectivity index (χ3n) is 5.94. The summed E-state index contributed by atoms with van der Waals surface area (Å²) >= 11 is 0. The lowest BCUT2D eigenvalue weighted by atomic mass is 9.85. The maximum absolute atomic E-state index is 5.37. The Hall–Kier alpha value is -2.55. The van der Waals surface area contributed by atoms with Crippen molar-refractivity contribution in [2.24, 2.45) is 0 Å². The van der Waals surface area contributed by atoms with Crippen LogP contribution in [0.5, 0.6) is 0 Å². The first-order valence-electron chi connectivity index (χ1n) is 10.1. The minimum absolute atomic E-state index is 0.283. The summed E-state index contributed by atoms with van der Waals surface area (Å²) in [5.41, 5.74) is 0.831. The first-order valence-corrected chi connectivity index (χ1v) is 10.1. The van der Waals surface area contributed by atoms with E-state index >= 15 is 0 Å². The topological polar surface area (TPSA) is 88.5 Å². The maximum atomic E-state index is 5.37. The summed E-state index contributed by atoms with van der Waals surface area (Å²) in [5.74, 6) is 4.24. The number of hydrogen-bond acceptors (Lipinski definition) is 8. The summed E-state index contributed by atoms with van der Waals surface area (Å²) in [7, 11) is 2.10. The number of nitrogens with zero attached hydrogens (tertiary/aromatic N) is 8. The summed E-state index contributed by atoms with van der Waals surface area (Å²) in [6, 6.07) is 4.50. The molecule has 0 atom stereocenters. The Bertz CT molecular complexity index is 969. The summed E-state index contributed by atoms with van der Waals surface area (Å²) in [5, 5.41) is 17.5. The molecule has 0 N–H and O–H groups in total. The van der Waals surface area contributed by atoms with Crippen LogP contribution in [-0.4, -0.2) is 61.0 Å². The number of likely N-dealkylation sites (N-methyl/N-ethyl adjacent to an activating group) is 1. The number of fused-ring (bicyclic) bond motifs is 1. The van der Waals surface area contributed by atoms with Gasteiger partial charge < -0.3 is 9.42 Å². The number of hydrogen-bond donors (Lipinski definition) is 0. The van der Waals surface area contributed by atoms with Crippen molar-refractivity contribution >= 4 is 11.5 Å². The normalized spacial score (nSPS) is 18.2. The van der Waals surface area contributed by atoms with Gasteiger partial charge in [0.15, 0.2) is 17.3 Å². The van der Waals surface area contributed by atoms with Crippen molar-refractivity contribution in [1.29, 1.82) is 0 Å². The van der Waals surface area contributed by atoms with E-state index in [0.717, 1.165) is 36.2 Å². The average molecular weight is 382 g/mol. The third kappa shape index (κ3) is 3.03. The molecule has 0 unspecified atom stereocenters. The predicted molar refractivity (Wildman–Crippen MR) is 103 cm³/mol. The number of rotatable bonds is 6. The monoisotopic (exact) mass is 382 g/mol. The van der Waals surface area contributed by atoms with E-state index in [1.165, 1.54) is 19.3 Å². The fraction of sp³-hybridized carbons (Fsp3) is 0.632. The molecule has 4 heterocycles. The highest BCUT2D eigenvalue weighted by molar-refractivity contribution is 5.48. The van der Waals surface area contributed by atoms with E-state index in [1.54, 1.807) is 0 Å². The van der Waals surface area contributed by atoms with Crippen LogP contribution in [0.25, 0.3) is 5.65 Å². The molecule has 0 amide bonds. The molecule has 5 rings (SSSR count). The lowest BCUT2D eigenvalue weighted by molar-refractivity contribution is 0.174. The second-order valence-electron chi connectivity index (χ2n) is 8.32. The van der Waals surface area contributed by atoms with E-state index in [0.29, 0.717) is 24.4 Å². The molecule has 0 radical (unpaired) electrons. The SMILES string of the molecule is CC(C)c1noc(CN(C)C2CN(c3ccc4nnc(C5CCC5)n4n3)C2)n1. The summed E-state index contributed by atoms with van der Waals surface area (Å²) in [6.45, 7) is 6.67. The van der Waals surface area contributed by atoms with E-state index in [4.69, 9.17) is 9.62 Å². The van der Waals surface area contributed by atoms with Crippen LogP contribution in [0.2, 0.25) is 0 Å². The molecule has 0 bridgehead atoms. The molecule has 3 aromatic rings. The lowest BCUT2D eigenvalue weighted by Crippen LogP contribution is -2.58. The Morgan fingerprint density at radius 3 is 2.71 bits per heavy atom. The molecule has 1 saturated heterocycles. The second kappa shape index (κ2) is 6.80. The third-order valence-corrected chi connectivity index (χ3v) is 5.94. The van der Waals surface area contributed by atoms with Crippen molar-refractivity contribution in [3.05, 3.63) is 29.7 Å². The van der Waals surface area contributed by atoms with E-state index < -0.39 is 0 Å². The largest absolute Gasteiger partial charge is 0.352 e. The van der Waals surface area contributed by atoms with Crippen LogP contribution in [0, 0.1) is 0 Å². The zero-order chi connectivity index (χ0) is 19.3. The van der Waals surface area contributed by atoms with Crippen LogP contribution in [0.1, 0.15) is 62.5 Å². The van der Waals surface area contributed by atoms with Crippen molar-refractivity contribution in [2.75, 3.05) is 25.0 Å². The summed E-state index contributed by atoms with van der Waals surface area (Å²) in [6.07, 6.45) is 3.66. The van der Waals surface area contributed by atoms with Crippen molar-refractivity contribution in [2.45, 2.75) is 57.5 Å². The quantitative estimate of drug-likeness (QED) is 0.641. The molecule has 9 nitrogen and oxygen atoms in total. The van der Waals surface area contributed by atoms with Gasteiger partial charge in [0.1, 0.15) is 5.82 Å². The van der Waals surface area contributed by atoms with Crippen LogP contribution in [0.3, 0.4) is 0 Å². The number of anilines is 1. The van der Waals surface area contributed by atoms with Crippen molar-refractivity contribution in [3.63, 3.8) is 0 Å². The van der Waals surface area contributed by atoms with Gasteiger partial charge in [0.2, 0.25) is 5.89 Å². The first kappa shape index (κ1) is 17.5. The molecule has 1 aliphatic carbocycles. The van der Waals surface area contributed by atoms with Crippen LogP contribution < -0.4 is 4.90 Å². The van der Waals surface area contributed by atoms with Gasteiger partial charge in [-0.2, -0.15) is 9.50 Å². The van der Waals surface area contributed by atoms with Crippen molar-refractivity contribution in [1.82, 2.24) is 34.9 Å². The van der Waals surface area contributed by atoms with Crippen molar-refractivity contribution in [3.8, 4) is 0 Å². The highest BCUT2D eigenvalue weighted by Gasteiger charge is 2.32. The van der Waals surface area contributed by atoms with Crippen LogP contribution >= 0.6 is 0 Å². The molecule has 3 aromatic heterocycles. The van der Waals surface area contributed by atoms with E-state index in [9.17, 15) is 0 Å². The highest BCUT2D eigenvalue weighted by atomic mass is 16.5.